The van der Waals surface area contributed by atoms with Crippen LogP contribution in [-0.2, 0) is 4.74 Å². The van der Waals surface area contributed by atoms with Crippen molar-refractivity contribution in [1.29, 1.82) is 0 Å². The van der Waals surface area contributed by atoms with Crippen LogP contribution in [0.5, 0.6) is 0 Å². The van der Waals surface area contributed by atoms with Crippen LogP contribution in [0.25, 0.3) is 0 Å². The number of nitrogens with one attached hydrogen (secondary N) is 1. The number of alkyl carbamates (subject to hydrolysis) is 1. The van der Waals surface area contributed by atoms with E-state index in [1.165, 1.54) is 7.05 Å². The average Bonchev–Trinajstić information content (AvgIpc) is 2.35. The summed E-state index contributed by atoms with van der Waals surface area (Å²) in [4.78, 5) is 10.7. The fourth-order valence-electron chi connectivity index (χ4n) is 1.23. The molecule has 1 aliphatic carbocycles. The number of carbonyl (C=O) groups excluding carboxylic acids is 1. The first-order valence-corrected chi connectivity index (χ1v) is 3.79. The first kappa shape index (κ1) is 8.33. The van der Waals surface area contributed by atoms with Crippen molar-refractivity contribution < 1.29 is 14.6 Å². The zero-order valence-corrected chi connectivity index (χ0v) is 6.54. The first-order valence-electron chi connectivity index (χ1n) is 3.79. The largest absolute Gasteiger partial charge is 0.446 e. The highest BCUT2D eigenvalue weighted by molar-refractivity contribution is 5.66. The molecule has 4 heteroatoms. The SMILES string of the molecule is CNC(=O)OC1CCC(O)C1. The van der Waals surface area contributed by atoms with E-state index in [2.05, 4.69) is 5.32 Å². The number of hydrogen-bond acceptors (Lipinski definition) is 3. The van der Waals surface area contributed by atoms with Gasteiger partial charge in [-0.2, -0.15) is 0 Å². The van der Waals surface area contributed by atoms with E-state index in [9.17, 15) is 4.79 Å². The van der Waals surface area contributed by atoms with Crippen LogP contribution in [0.3, 0.4) is 0 Å². The molecule has 4 nitrogen and oxygen atoms in total. The molecule has 0 bridgehead atoms. The van der Waals surface area contributed by atoms with Gasteiger partial charge in [-0.15, -0.1) is 0 Å². The standard InChI is InChI=1S/C7H13NO3/c1-8-7(10)11-6-3-2-5(9)4-6/h5-6,9H,2-4H2,1H3,(H,8,10). The van der Waals surface area contributed by atoms with Crippen LogP contribution in [-0.4, -0.2) is 30.5 Å². The molecule has 2 atom stereocenters. The van der Waals surface area contributed by atoms with Crippen molar-refractivity contribution >= 4 is 6.09 Å². The third-order valence-electron chi connectivity index (χ3n) is 1.83. The summed E-state index contributed by atoms with van der Waals surface area (Å²) in [5.41, 5.74) is 0. The molecule has 0 aromatic rings. The summed E-state index contributed by atoms with van der Waals surface area (Å²) in [5, 5.41) is 11.4. The average molecular weight is 159 g/mol. The van der Waals surface area contributed by atoms with Gasteiger partial charge >= 0.3 is 6.09 Å². The Kier molecular flexibility index (Phi) is 2.70. The fraction of sp³-hybridized carbons (Fsp3) is 0.857. The zero-order chi connectivity index (χ0) is 8.27. The van der Waals surface area contributed by atoms with Crippen LogP contribution in [0.15, 0.2) is 0 Å². The molecule has 1 rings (SSSR count). The van der Waals surface area contributed by atoms with E-state index in [0.29, 0.717) is 6.42 Å². The lowest BCUT2D eigenvalue weighted by molar-refractivity contribution is 0.0906. The van der Waals surface area contributed by atoms with Crippen molar-refractivity contribution in [3.05, 3.63) is 0 Å². The van der Waals surface area contributed by atoms with Crippen molar-refractivity contribution in [2.24, 2.45) is 0 Å². The predicted octanol–water partition coefficient (Wildman–Crippen LogP) is 0.256. The fourth-order valence-corrected chi connectivity index (χ4v) is 1.23. The van der Waals surface area contributed by atoms with Gasteiger partial charge in [0.2, 0.25) is 0 Å². The Hall–Kier alpha value is -0.770. The van der Waals surface area contributed by atoms with Gasteiger partial charge in [0.15, 0.2) is 0 Å². The molecule has 1 fully saturated rings. The van der Waals surface area contributed by atoms with Crippen molar-refractivity contribution in [3.63, 3.8) is 0 Å². The third-order valence-corrected chi connectivity index (χ3v) is 1.83. The van der Waals surface area contributed by atoms with Gasteiger partial charge < -0.3 is 15.2 Å². The van der Waals surface area contributed by atoms with Crippen LogP contribution in [0.2, 0.25) is 0 Å². The quantitative estimate of drug-likeness (QED) is 0.576. The van der Waals surface area contributed by atoms with Crippen LogP contribution in [0, 0.1) is 0 Å². The van der Waals surface area contributed by atoms with Crippen LogP contribution < -0.4 is 5.32 Å². The summed E-state index contributed by atoms with van der Waals surface area (Å²) in [7, 11) is 1.52. The van der Waals surface area contributed by atoms with Gasteiger partial charge in [-0.3, -0.25) is 0 Å². The second-order valence-electron chi connectivity index (χ2n) is 2.74. The van der Waals surface area contributed by atoms with Gasteiger partial charge in [-0.25, -0.2) is 4.79 Å². The molecule has 0 aromatic heterocycles. The Morgan fingerprint density at radius 2 is 2.36 bits per heavy atom. The summed E-state index contributed by atoms with van der Waals surface area (Å²) >= 11 is 0. The summed E-state index contributed by atoms with van der Waals surface area (Å²) in [6.07, 6.45) is 1.29. The van der Waals surface area contributed by atoms with E-state index >= 15 is 0 Å². The molecule has 1 saturated carbocycles. The number of aliphatic hydroxyl groups excluding tert-OH is 1. The lowest BCUT2D eigenvalue weighted by Crippen LogP contribution is -2.24. The van der Waals surface area contributed by atoms with Crippen molar-refractivity contribution in [2.75, 3.05) is 7.05 Å². The van der Waals surface area contributed by atoms with Gasteiger partial charge in [0.05, 0.1) is 6.10 Å². The second-order valence-corrected chi connectivity index (χ2v) is 2.74. The first-order chi connectivity index (χ1) is 5.22. The van der Waals surface area contributed by atoms with E-state index in [1.54, 1.807) is 0 Å². The number of amides is 1. The summed E-state index contributed by atoms with van der Waals surface area (Å²) in [6, 6.07) is 0. The molecule has 1 amide bonds. The maximum Gasteiger partial charge on any atom is 0.407 e. The monoisotopic (exact) mass is 159 g/mol. The second kappa shape index (κ2) is 3.57. The van der Waals surface area contributed by atoms with Gasteiger partial charge in [0.1, 0.15) is 6.10 Å². The Morgan fingerprint density at radius 3 is 2.82 bits per heavy atom. The molecule has 2 N–H and O–H groups in total. The van der Waals surface area contributed by atoms with E-state index in [1.807, 2.05) is 0 Å². The number of hydrogen-bond donors (Lipinski definition) is 2. The minimum atomic E-state index is -0.413. The maximum absolute atomic E-state index is 10.7. The third kappa shape index (κ3) is 2.38. The van der Waals surface area contributed by atoms with Gasteiger partial charge in [0.25, 0.3) is 0 Å². The minimum Gasteiger partial charge on any atom is -0.446 e. The number of aliphatic hydroxyl groups is 1. The van der Waals surface area contributed by atoms with E-state index in [4.69, 9.17) is 9.84 Å². The highest BCUT2D eigenvalue weighted by atomic mass is 16.6. The molecule has 11 heavy (non-hydrogen) atoms. The van der Waals surface area contributed by atoms with E-state index in [-0.39, 0.29) is 12.2 Å². The lowest BCUT2D eigenvalue weighted by atomic mass is 10.3. The molecular formula is C7H13NO3. The molecule has 64 valence electrons. The Labute approximate surface area is 65.5 Å². The Balaban J connectivity index is 2.23. The highest BCUT2D eigenvalue weighted by Gasteiger charge is 2.25. The molecular weight excluding hydrogens is 146 g/mol. The maximum atomic E-state index is 10.7. The zero-order valence-electron chi connectivity index (χ0n) is 6.54. The highest BCUT2D eigenvalue weighted by Crippen LogP contribution is 2.21. The Morgan fingerprint density at radius 1 is 1.64 bits per heavy atom. The Bertz CT molecular complexity index is 149. The summed E-state index contributed by atoms with van der Waals surface area (Å²) in [5.74, 6) is 0. The lowest BCUT2D eigenvalue weighted by Gasteiger charge is -2.09. The van der Waals surface area contributed by atoms with Gasteiger partial charge in [0, 0.05) is 13.5 Å². The van der Waals surface area contributed by atoms with Crippen LogP contribution in [0.1, 0.15) is 19.3 Å². The minimum absolute atomic E-state index is 0.0926. The van der Waals surface area contributed by atoms with Crippen LogP contribution >= 0.6 is 0 Å². The number of rotatable bonds is 1. The molecule has 0 heterocycles. The van der Waals surface area contributed by atoms with Crippen molar-refractivity contribution in [2.45, 2.75) is 31.5 Å². The molecule has 0 spiro atoms. The molecule has 1 aliphatic rings. The number of ether oxygens (including phenoxy) is 1. The smallest absolute Gasteiger partial charge is 0.407 e. The molecule has 0 radical (unpaired) electrons. The van der Waals surface area contributed by atoms with E-state index in [0.717, 1.165) is 12.8 Å². The van der Waals surface area contributed by atoms with Gasteiger partial charge in [-0.1, -0.05) is 0 Å². The van der Waals surface area contributed by atoms with E-state index < -0.39 is 6.09 Å². The van der Waals surface area contributed by atoms with Crippen molar-refractivity contribution in [1.82, 2.24) is 5.32 Å². The normalized spacial score (nSPS) is 30.0. The van der Waals surface area contributed by atoms with Crippen LogP contribution in [0.4, 0.5) is 4.79 Å². The number of carbonyl (C=O) groups is 1. The molecule has 0 aromatic carbocycles. The van der Waals surface area contributed by atoms with Gasteiger partial charge in [-0.05, 0) is 12.8 Å². The summed E-state index contributed by atoms with van der Waals surface area (Å²) in [6.45, 7) is 0. The predicted molar refractivity (Wildman–Crippen MR) is 39.2 cm³/mol. The van der Waals surface area contributed by atoms with Crippen molar-refractivity contribution in [3.8, 4) is 0 Å². The molecule has 2 unspecified atom stereocenters. The molecule has 0 aliphatic heterocycles. The molecule has 0 saturated heterocycles. The summed E-state index contributed by atoms with van der Waals surface area (Å²) < 4.78 is 4.92. The topological polar surface area (TPSA) is 58.6 Å².